The Kier molecular flexibility index (Phi) is 14.5. The molecule has 6 nitrogen and oxygen atoms in total. The minimum absolute atomic E-state index is 0. The molecule has 0 aromatic rings. The summed E-state index contributed by atoms with van der Waals surface area (Å²) in [7, 11) is 0. The van der Waals surface area contributed by atoms with Crippen LogP contribution in [0.5, 0.6) is 0 Å². The predicted molar refractivity (Wildman–Crippen MR) is 77.2 cm³/mol. The number of carbonyl (C=O) groups is 2. The minimum Gasteiger partial charge on any atom is -0.544 e. The van der Waals surface area contributed by atoms with Gasteiger partial charge in [-0.2, -0.15) is 0 Å². The second-order valence-electron chi connectivity index (χ2n) is 5.74. The van der Waals surface area contributed by atoms with Crippen LogP contribution < -0.4 is 56.5 Å². The molecular weight excluding hydrogens is 313 g/mol. The van der Waals surface area contributed by atoms with E-state index in [1.807, 2.05) is 0 Å². The quantitative estimate of drug-likeness (QED) is 0.180. The fourth-order valence-corrected chi connectivity index (χ4v) is 2.65. The third-order valence-corrected chi connectivity index (χ3v) is 4.43. The van der Waals surface area contributed by atoms with Crippen LogP contribution in [0.3, 0.4) is 0 Å². The Labute approximate surface area is 175 Å². The molecule has 0 aromatic heterocycles. The minimum atomic E-state index is -1.33. The summed E-state index contributed by atoms with van der Waals surface area (Å²) in [6.45, 7) is 4.78. The first-order chi connectivity index (χ1) is 9.83. The van der Waals surface area contributed by atoms with Gasteiger partial charge in [-0.1, -0.05) is 32.6 Å². The predicted octanol–water partition coefficient (Wildman–Crippen LogP) is -2.27. The molecule has 0 saturated carbocycles. The molecule has 0 aromatic carbocycles. The van der Waals surface area contributed by atoms with E-state index in [1.165, 1.54) is 20.3 Å². The van der Waals surface area contributed by atoms with Crippen LogP contribution in [0.4, 0.5) is 0 Å². The summed E-state index contributed by atoms with van der Waals surface area (Å²) in [5, 5.41) is 30.1. The molecule has 0 heterocycles. The normalized spacial score (nSPS) is 16.2. The van der Waals surface area contributed by atoms with Gasteiger partial charge in [-0.25, -0.2) is 4.79 Å². The molecule has 0 rings (SSSR count). The number of carboxylic acids is 2. The number of quaternary nitrogens is 1. The summed E-state index contributed by atoms with van der Waals surface area (Å²) in [5.74, 6) is -2.44. The second-order valence-corrected chi connectivity index (χ2v) is 5.74. The number of aliphatic hydroxyl groups excluding tert-OH is 1. The van der Waals surface area contributed by atoms with Crippen molar-refractivity contribution in [3.63, 3.8) is 0 Å². The second kappa shape index (κ2) is 12.9. The van der Waals surface area contributed by atoms with E-state index in [4.69, 9.17) is 0 Å². The van der Waals surface area contributed by atoms with Crippen LogP contribution >= 0.6 is 0 Å². The molecule has 0 bridgehead atoms. The number of hydrogen-bond acceptors (Lipinski definition) is 4. The molecule has 3 atom stereocenters. The van der Waals surface area contributed by atoms with Crippen molar-refractivity contribution in [1.82, 2.24) is 0 Å². The molecular formula is C15H29KNO5+. The molecule has 3 unspecified atom stereocenters. The number of unbranched alkanes of at least 4 members (excludes halogenated alkanes) is 5. The molecule has 0 radical (unpaired) electrons. The summed E-state index contributed by atoms with van der Waals surface area (Å²) >= 11 is 0. The maximum Gasteiger partial charge on any atom is 1.00 e. The Morgan fingerprint density at radius 2 is 1.55 bits per heavy atom. The van der Waals surface area contributed by atoms with E-state index in [-0.39, 0.29) is 55.9 Å². The van der Waals surface area contributed by atoms with E-state index in [2.05, 4.69) is 6.92 Å². The molecule has 124 valence electrons. The fourth-order valence-electron chi connectivity index (χ4n) is 2.65. The average molecular weight is 342 g/mol. The summed E-state index contributed by atoms with van der Waals surface area (Å²) in [6.07, 6.45) is 6.08. The number of nitrogens with zero attached hydrogens (tertiary/aromatic N) is 1. The van der Waals surface area contributed by atoms with Crippen molar-refractivity contribution in [3.8, 4) is 0 Å². The summed E-state index contributed by atoms with van der Waals surface area (Å²) in [6, 6.07) is -2.05. The van der Waals surface area contributed by atoms with Gasteiger partial charge in [0.2, 0.25) is 0 Å². The Bertz CT molecular complexity index is 318. The number of aliphatic hydroxyl groups is 1. The summed E-state index contributed by atoms with van der Waals surface area (Å²) in [4.78, 5) is 22.4. The molecule has 0 spiro atoms. The first-order valence-electron chi connectivity index (χ1n) is 7.74. The van der Waals surface area contributed by atoms with E-state index in [9.17, 15) is 24.9 Å². The maximum atomic E-state index is 11.3. The van der Waals surface area contributed by atoms with Crippen LogP contribution in [-0.4, -0.2) is 52.0 Å². The van der Waals surface area contributed by atoms with Crippen molar-refractivity contribution >= 4 is 11.9 Å². The van der Waals surface area contributed by atoms with E-state index < -0.39 is 30.8 Å². The third kappa shape index (κ3) is 7.38. The monoisotopic (exact) mass is 342 g/mol. The SMILES string of the molecule is CCCCCCCC[N+](CO)(C(C)C(=O)[O-])C(C)C(=O)O.[K+]. The van der Waals surface area contributed by atoms with Gasteiger partial charge in [0.05, 0.1) is 12.5 Å². The van der Waals surface area contributed by atoms with Crippen LogP contribution in [-0.2, 0) is 9.59 Å². The Morgan fingerprint density at radius 3 is 1.95 bits per heavy atom. The van der Waals surface area contributed by atoms with Crippen molar-refractivity contribution in [2.75, 3.05) is 13.3 Å². The van der Waals surface area contributed by atoms with Gasteiger partial charge >= 0.3 is 57.4 Å². The van der Waals surface area contributed by atoms with Gasteiger partial charge in [-0.15, -0.1) is 0 Å². The molecule has 0 amide bonds. The first-order valence-corrected chi connectivity index (χ1v) is 7.74. The molecule has 7 heteroatoms. The van der Waals surface area contributed by atoms with Crippen molar-refractivity contribution < 1.29 is 80.8 Å². The average Bonchev–Trinajstić information content (AvgIpc) is 2.45. The Balaban J connectivity index is 0. The number of carbonyl (C=O) groups excluding carboxylic acids is 1. The Hall–Kier alpha value is 0.496. The van der Waals surface area contributed by atoms with Crippen molar-refractivity contribution in [2.24, 2.45) is 0 Å². The molecule has 2 N–H and O–H groups in total. The largest absolute Gasteiger partial charge is 1.00 e. The molecule has 0 saturated heterocycles. The molecule has 0 fully saturated rings. The zero-order valence-electron chi connectivity index (χ0n) is 14.4. The van der Waals surface area contributed by atoms with Gasteiger partial charge in [-0.05, 0) is 26.7 Å². The van der Waals surface area contributed by atoms with E-state index in [0.717, 1.165) is 25.7 Å². The molecule has 0 aliphatic carbocycles. The third-order valence-electron chi connectivity index (χ3n) is 4.43. The van der Waals surface area contributed by atoms with Gasteiger partial charge < -0.3 is 20.1 Å². The van der Waals surface area contributed by atoms with Crippen LogP contribution in [0.1, 0.15) is 59.3 Å². The van der Waals surface area contributed by atoms with Crippen molar-refractivity contribution in [3.05, 3.63) is 0 Å². The van der Waals surface area contributed by atoms with Gasteiger partial charge in [-0.3, -0.25) is 4.48 Å². The summed E-state index contributed by atoms with van der Waals surface area (Å²) in [5.41, 5.74) is 0. The Morgan fingerprint density at radius 1 is 1.05 bits per heavy atom. The van der Waals surface area contributed by atoms with Crippen molar-refractivity contribution in [1.29, 1.82) is 0 Å². The van der Waals surface area contributed by atoms with Crippen LogP contribution in [0.15, 0.2) is 0 Å². The summed E-state index contributed by atoms with van der Waals surface area (Å²) < 4.78 is -0.383. The van der Waals surface area contributed by atoms with Crippen LogP contribution in [0.2, 0.25) is 0 Å². The fraction of sp³-hybridized carbons (Fsp3) is 0.867. The zero-order chi connectivity index (χ0) is 16.5. The van der Waals surface area contributed by atoms with Crippen LogP contribution in [0, 0.1) is 0 Å². The standard InChI is InChI=1S/C15H29NO5.K/c1-4-5-6-7-8-9-10-16(11-17,12(2)14(18)19)13(3)15(20)21;/h12-13,17H,4-11H2,1-3H3,(H-,18,19,20,21);/q;+1. The van der Waals surface area contributed by atoms with E-state index >= 15 is 0 Å². The van der Waals surface area contributed by atoms with E-state index in [0.29, 0.717) is 13.0 Å². The van der Waals surface area contributed by atoms with Crippen molar-refractivity contribution in [2.45, 2.75) is 71.4 Å². The number of hydrogen-bond donors (Lipinski definition) is 2. The molecule has 0 aliphatic rings. The maximum absolute atomic E-state index is 11.3. The topological polar surface area (TPSA) is 97.7 Å². The number of rotatable bonds is 12. The molecule has 22 heavy (non-hydrogen) atoms. The van der Waals surface area contributed by atoms with Gasteiger partial charge in [0.1, 0.15) is 6.04 Å². The number of aliphatic carboxylic acids is 2. The smallest absolute Gasteiger partial charge is 0.544 e. The first kappa shape index (κ1) is 24.7. The van der Waals surface area contributed by atoms with Gasteiger partial charge in [0.15, 0.2) is 12.8 Å². The molecule has 0 aliphatic heterocycles. The van der Waals surface area contributed by atoms with Crippen LogP contribution in [0.25, 0.3) is 0 Å². The van der Waals surface area contributed by atoms with Gasteiger partial charge in [0.25, 0.3) is 0 Å². The number of carboxylic acid groups (broad SMARTS) is 2. The van der Waals surface area contributed by atoms with Gasteiger partial charge in [0, 0.05) is 0 Å². The zero-order valence-corrected chi connectivity index (χ0v) is 17.5. The van der Waals surface area contributed by atoms with E-state index in [1.54, 1.807) is 0 Å².